The van der Waals surface area contributed by atoms with Crippen LogP contribution in [0, 0.1) is 0 Å². The molecular formula is C117H79N17. The lowest BCUT2D eigenvalue weighted by Crippen LogP contribution is -2.12. The van der Waals surface area contributed by atoms with Crippen molar-refractivity contribution >= 4 is 139 Å². The molecule has 0 spiro atoms. The van der Waals surface area contributed by atoms with Gasteiger partial charge in [0, 0.05) is 139 Å². The Morgan fingerprint density at radius 2 is 0.478 bits per heavy atom. The van der Waals surface area contributed by atoms with Crippen LogP contribution in [-0.2, 0) is 0 Å². The molecule has 0 unspecified atom stereocenters. The highest BCUT2D eigenvalue weighted by molar-refractivity contribution is 6.12. The Kier molecular flexibility index (Phi) is 21.2. The molecule has 0 aliphatic carbocycles. The Morgan fingerprint density at radius 1 is 0.172 bits per heavy atom. The van der Waals surface area contributed by atoms with E-state index in [-0.39, 0.29) is 0 Å². The summed E-state index contributed by atoms with van der Waals surface area (Å²) in [4.78, 5) is 58.5. The molecule has 0 aliphatic heterocycles. The van der Waals surface area contributed by atoms with Gasteiger partial charge in [0.2, 0.25) is 0 Å². The Hall–Kier alpha value is -18.6. The van der Waals surface area contributed by atoms with Gasteiger partial charge < -0.3 is 0 Å². The molecular weight excluding hydrogens is 1640 g/mol. The van der Waals surface area contributed by atoms with E-state index < -0.39 is 0 Å². The molecule has 0 saturated carbocycles. The molecule has 25 aromatic rings. The summed E-state index contributed by atoms with van der Waals surface area (Å²) in [5.41, 5.74) is 24.2. The molecule has 0 amide bonds. The van der Waals surface area contributed by atoms with Crippen molar-refractivity contribution in [1.82, 2.24) is 68.5 Å². The predicted molar refractivity (Wildman–Crippen MR) is 544 cm³/mol. The van der Waals surface area contributed by atoms with E-state index >= 15 is 0 Å². The third-order valence-electron chi connectivity index (χ3n) is 24.3. The fourth-order valence-corrected chi connectivity index (χ4v) is 18.0. The van der Waals surface area contributed by atoms with E-state index in [0.29, 0.717) is 0 Å². The fourth-order valence-electron chi connectivity index (χ4n) is 18.0. The summed E-state index contributed by atoms with van der Waals surface area (Å²) in [7, 11) is 0. The van der Waals surface area contributed by atoms with Crippen molar-refractivity contribution in [3.63, 3.8) is 0 Å². The number of hydrogen-bond donors (Lipinski definition) is 0. The maximum absolute atomic E-state index is 5.18. The zero-order valence-electron chi connectivity index (χ0n) is 72.2. The Bertz CT molecular complexity index is 8180. The summed E-state index contributed by atoms with van der Waals surface area (Å²) in [6, 6.07) is 144. The number of rotatable bonds is 17. The van der Waals surface area contributed by atoms with Gasteiger partial charge in [0.15, 0.2) is 0 Å². The van der Waals surface area contributed by atoms with Gasteiger partial charge in [-0.15, -0.1) is 0 Å². The highest BCUT2D eigenvalue weighted by atomic mass is 15.2. The largest absolute Gasteiger partial charge is 0.295 e. The van der Waals surface area contributed by atoms with Gasteiger partial charge in [0.1, 0.15) is 57.7 Å². The summed E-state index contributed by atoms with van der Waals surface area (Å²) >= 11 is 0. The van der Waals surface area contributed by atoms with E-state index in [4.69, 9.17) is 29.9 Å². The van der Waals surface area contributed by atoms with Gasteiger partial charge in [-0.25, -0.2) is 49.8 Å². The van der Waals surface area contributed by atoms with Crippen LogP contribution in [0.15, 0.2) is 481 Å². The third-order valence-corrected chi connectivity index (χ3v) is 24.3. The van der Waals surface area contributed by atoms with Crippen LogP contribution in [0.25, 0.3) is 161 Å². The highest BCUT2D eigenvalue weighted by Gasteiger charge is 2.24. The van der Waals surface area contributed by atoms with Gasteiger partial charge in [-0.2, -0.15) is 0 Å². The normalized spacial score (nSPS) is 11.3. The fraction of sp³-hybridized carbons (Fsp3) is 0. The predicted octanol–water partition coefficient (Wildman–Crippen LogP) is 28.7. The summed E-state index contributed by atoms with van der Waals surface area (Å²) in [5.74, 6) is 5.86. The molecule has 17 nitrogen and oxygen atoms in total. The van der Waals surface area contributed by atoms with Crippen LogP contribution in [0.3, 0.4) is 0 Å². The Labute approximate surface area is 771 Å². The van der Waals surface area contributed by atoms with Crippen LogP contribution < -0.4 is 14.7 Å². The summed E-state index contributed by atoms with van der Waals surface area (Å²) in [5, 5.41) is 8.86. The van der Waals surface area contributed by atoms with Crippen molar-refractivity contribution in [3.05, 3.63) is 481 Å². The standard InChI is InChI=1S/C40H26N6.C39H27N5.C38H26N6/c1-2-9-31(10-3-1)45(37-22-18-29-14-13-28-8-6-24-42-38(28)39(29)44-37)32-19-15-27(16-20-32)30-17-21-35-34(26-30)33-11-7-25-43-40(33)46(35)36-12-4-5-23-41-36;1-2-9-28(10-3-1)29-14-19-32(20-15-29)43(37-12-4-6-24-40-37)33-21-16-30(17-22-33)31-18-23-36-35(27-31)34-11-8-26-42-39(34)44(36)38-13-5-7-25-41-38;1-2-9-27(10-3-1)30-17-21-37(42-26-30)43(35-12-4-6-22-39-35)31-18-14-28(15-19-31)29-16-20-34-33(25-29)32-11-8-24-41-38(32)44(34)36-13-5-7-23-40-36/h1-26H;1-27H;1-26H. The van der Waals surface area contributed by atoms with Crippen molar-refractivity contribution in [2.45, 2.75) is 0 Å². The maximum Gasteiger partial charge on any atom is 0.146 e. The number of aromatic nitrogens is 14. The topological polar surface area (TPSA) is 166 Å². The molecule has 25 rings (SSSR count). The minimum atomic E-state index is 0.799. The second-order valence-electron chi connectivity index (χ2n) is 32.3. The third kappa shape index (κ3) is 15.5. The molecule has 11 aromatic carbocycles. The number of para-hydroxylation sites is 1. The molecule has 134 heavy (non-hydrogen) atoms. The molecule has 0 bridgehead atoms. The number of fused-ring (bicyclic) bond motifs is 12. The maximum atomic E-state index is 5.18. The second-order valence-corrected chi connectivity index (χ2v) is 32.3. The van der Waals surface area contributed by atoms with Crippen molar-refractivity contribution in [1.29, 1.82) is 0 Å². The highest BCUT2D eigenvalue weighted by Crippen LogP contribution is 2.44. The number of pyridine rings is 11. The second kappa shape index (κ2) is 35.6. The summed E-state index contributed by atoms with van der Waals surface area (Å²) < 4.78 is 6.38. The van der Waals surface area contributed by atoms with E-state index in [1.807, 2.05) is 207 Å². The molecule has 0 atom stereocenters. The van der Waals surface area contributed by atoms with Gasteiger partial charge in [-0.1, -0.05) is 194 Å². The van der Waals surface area contributed by atoms with Crippen LogP contribution in [0.2, 0.25) is 0 Å². The van der Waals surface area contributed by atoms with Crippen LogP contribution in [-0.4, -0.2) is 68.5 Å². The van der Waals surface area contributed by atoms with Gasteiger partial charge in [-0.05, 0) is 275 Å². The molecule has 0 radical (unpaired) electrons. The molecule has 14 heterocycles. The molecule has 14 aromatic heterocycles. The van der Waals surface area contributed by atoms with Crippen molar-refractivity contribution in [2.75, 3.05) is 14.7 Å². The summed E-state index contributed by atoms with van der Waals surface area (Å²) in [6.07, 6.45) is 18.3. The lowest BCUT2D eigenvalue weighted by molar-refractivity contribution is 1.06. The SMILES string of the molecule is c1ccc(-c2ccc(N(c3ccc(-c4ccc5c(c4)c4cccnc4n5-c4ccccn4)cc3)c3ccccn3)cc2)cc1.c1ccc(-c2ccc(N(c3ccc(-c4ccc5c(c4)c4cccnc4n5-c4ccccn4)cc3)c3ccccn3)nc2)cc1.c1ccc(N(c2ccc(-c3ccc4c(c3)c3cccnc3n4-c3ccccn3)cc2)c2ccc3ccc4cccnc4c3n2)cc1. The van der Waals surface area contributed by atoms with E-state index in [1.54, 1.807) is 6.20 Å². The Morgan fingerprint density at radius 3 is 0.888 bits per heavy atom. The number of benzene rings is 11. The first-order chi connectivity index (χ1) is 66.5. The van der Waals surface area contributed by atoms with Crippen LogP contribution in [0.5, 0.6) is 0 Å². The first-order valence-corrected chi connectivity index (χ1v) is 44.3. The zero-order chi connectivity index (χ0) is 89.0. The molecule has 0 fully saturated rings. The first kappa shape index (κ1) is 80.0. The van der Waals surface area contributed by atoms with Crippen molar-refractivity contribution in [3.8, 4) is 73.1 Å². The molecule has 0 saturated heterocycles. The molecule has 0 aliphatic rings. The van der Waals surface area contributed by atoms with Crippen LogP contribution in [0.1, 0.15) is 0 Å². The Balaban J connectivity index is 0.000000114. The quantitative estimate of drug-likeness (QED) is 0.0790. The van der Waals surface area contributed by atoms with Gasteiger partial charge >= 0.3 is 0 Å². The van der Waals surface area contributed by atoms with Crippen LogP contribution >= 0.6 is 0 Å². The monoisotopic (exact) mass is 1720 g/mol. The average molecular weight is 1720 g/mol. The van der Waals surface area contributed by atoms with E-state index in [9.17, 15) is 0 Å². The minimum Gasteiger partial charge on any atom is -0.295 e. The lowest BCUT2D eigenvalue weighted by atomic mass is 10.0. The van der Waals surface area contributed by atoms with Crippen molar-refractivity contribution in [2.24, 2.45) is 0 Å². The molecule has 632 valence electrons. The van der Waals surface area contributed by atoms with Crippen molar-refractivity contribution < 1.29 is 0 Å². The lowest BCUT2D eigenvalue weighted by Gasteiger charge is -2.25. The number of nitrogens with zero attached hydrogens (tertiary/aromatic N) is 17. The number of hydrogen-bond acceptors (Lipinski definition) is 14. The smallest absolute Gasteiger partial charge is 0.146 e. The van der Waals surface area contributed by atoms with Crippen LogP contribution in [0.4, 0.5) is 51.7 Å². The molecule has 17 heteroatoms. The zero-order valence-corrected chi connectivity index (χ0v) is 72.2. The minimum absolute atomic E-state index is 0.799. The van der Waals surface area contributed by atoms with Gasteiger partial charge in [0.05, 0.1) is 27.6 Å². The van der Waals surface area contributed by atoms with Gasteiger partial charge in [-0.3, -0.25) is 33.4 Å². The van der Waals surface area contributed by atoms with Gasteiger partial charge in [0.25, 0.3) is 0 Å². The first-order valence-electron chi connectivity index (χ1n) is 44.3. The summed E-state index contributed by atoms with van der Waals surface area (Å²) in [6.45, 7) is 0. The molecule has 0 N–H and O–H groups in total. The number of anilines is 9. The average Bonchev–Trinajstić information content (AvgIpc) is 1.58. The van der Waals surface area contributed by atoms with E-state index in [1.165, 1.54) is 11.1 Å². The van der Waals surface area contributed by atoms with E-state index in [0.717, 1.165) is 201 Å². The van der Waals surface area contributed by atoms with E-state index in [2.05, 4.69) is 320 Å².